The van der Waals surface area contributed by atoms with Crippen LogP contribution in [0.5, 0.6) is 0 Å². The summed E-state index contributed by atoms with van der Waals surface area (Å²) in [7, 11) is 0. The van der Waals surface area contributed by atoms with E-state index in [0.717, 1.165) is 36.8 Å². The number of hydrogen-bond acceptors (Lipinski definition) is 1. The molecular formula is C17H28N2O. The van der Waals surface area contributed by atoms with Crippen LogP contribution in [-0.2, 0) is 0 Å². The largest absolute Gasteiger partial charge is 0.333 e. The van der Waals surface area contributed by atoms with Crippen molar-refractivity contribution in [2.75, 3.05) is 13.1 Å². The smallest absolute Gasteiger partial charge is 0.317 e. The Morgan fingerprint density at radius 1 is 1.00 bits per heavy atom. The van der Waals surface area contributed by atoms with E-state index in [1.807, 2.05) is 0 Å². The molecule has 20 heavy (non-hydrogen) atoms. The van der Waals surface area contributed by atoms with Crippen LogP contribution >= 0.6 is 0 Å². The van der Waals surface area contributed by atoms with Crippen molar-refractivity contribution in [3.05, 3.63) is 0 Å². The zero-order valence-corrected chi connectivity index (χ0v) is 12.7. The van der Waals surface area contributed by atoms with Gasteiger partial charge in [-0.15, -0.1) is 0 Å². The summed E-state index contributed by atoms with van der Waals surface area (Å²) >= 11 is 0. The zero-order valence-electron chi connectivity index (χ0n) is 12.7. The van der Waals surface area contributed by atoms with Gasteiger partial charge in [0.05, 0.1) is 0 Å². The number of rotatable bonds is 1. The predicted molar refractivity (Wildman–Crippen MR) is 79.4 cm³/mol. The van der Waals surface area contributed by atoms with Gasteiger partial charge in [0.25, 0.3) is 0 Å². The number of piperidine rings is 1. The topological polar surface area (TPSA) is 32.3 Å². The van der Waals surface area contributed by atoms with Gasteiger partial charge in [0.1, 0.15) is 0 Å². The molecule has 0 radical (unpaired) electrons. The minimum Gasteiger partial charge on any atom is -0.333 e. The number of nitrogens with one attached hydrogen (secondary N) is 1. The van der Waals surface area contributed by atoms with Crippen molar-refractivity contribution in [2.24, 2.45) is 23.7 Å². The van der Waals surface area contributed by atoms with Crippen LogP contribution in [0.3, 0.4) is 0 Å². The van der Waals surface area contributed by atoms with Crippen LogP contribution in [0.4, 0.5) is 4.79 Å². The Hall–Kier alpha value is -0.730. The minimum atomic E-state index is 0.175. The molecule has 3 nitrogen and oxygen atoms in total. The van der Waals surface area contributed by atoms with Gasteiger partial charge >= 0.3 is 6.03 Å². The molecule has 0 unspecified atom stereocenters. The molecule has 0 aromatic heterocycles. The summed E-state index contributed by atoms with van der Waals surface area (Å²) in [4.78, 5) is 14.7. The Labute approximate surface area is 122 Å². The van der Waals surface area contributed by atoms with Gasteiger partial charge in [-0.1, -0.05) is 6.92 Å². The van der Waals surface area contributed by atoms with Gasteiger partial charge < -0.3 is 10.2 Å². The highest BCUT2D eigenvalue weighted by molar-refractivity contribution is 5.75. The maximum absolute atomic E-state index is 12.6. The summed E-state index contributed by atoms with van der Waals surface area (Å²) < 4.78 is 0. The second kappa shape index (κ2) is 4.64. The van der Waals surface area contributed by atoms with Crippen molar-refractivity contribution < 1.29 is 4.79 Å². The monoisotopic (exact) mass is 276 g/mol. The van der Waals surface area contributed by atoms with Gasteiger partial charge in [-0.2, -0.15) is 0 Å². The summed E-state index contributed by atoms with van der Waals surface area (Å²) in [5.41, 5.74) is 0.175. The van der Waals surface area contributed by atoms with Crippen molar-refractivity contribution in [1.29, 1.82) is 0 Å². The van der Waals surface area contributed by atoms with Crippen LogP contribution in [-0.4, -0.2) is 29.6 Å². The molecule has 5 aliphatic rings. The molecule has 4 bridgehead atoms. The maximum atomic E-state index is 12.6. The highest BCUT2D eigenvalue weighted by Gasteiger charge is 2.51. The van der Waals surface area contributed by atoms with Crippen molar-refractivity contribution in [2.45, 2.75) is 63.8 Å². The average molecular weight is 276 g/mol. The third-order valence-electron chi connectivity index (χ3n) is 6.48. The Balaban J connectivity index is 1.42. The first-order chi connectivity index (χ1) is 9.62. The molecule has 3 heteroatoms. The van der Waals surface area contributed by atoms with Crippen molar-refractivity contribution >= 4 is 6.03 Å². The summed E-state index contributed by atoms with van der Waals surface area (Å²) in [6, 6.07) is 0.235. The lowest BCUT2D eigenvalue weighted by Gasteiger charge is -2.57. The molecule has 0 atom stereocenters. The van der Waals surface area contributed by atoms with E-state index < -0.39 is 0 Å². The molecular weight excluding hydrogens is 248 g/mol. The summed E-state index contributed by atoms with van der Waals surface area (Å²) in [5.74, 6) is 3.51. The normalized spacial score (nSPS) is 43.9. The van der Waals surface area contributed by atoms with Gasteiger partial charge in [-0.05, 0) is 75.0 Å². The lowest BCUT2D eigenvalue weighted by atomic mass is 9.53. The molecule has 0 aromatic carbocycles. The Morgan fingerprint density at radius 3 is 2.00 bits per heavy atom. The SMILES string of the molecule is CC1CCN(C(=O)NC23CC4CC(CC(C4)C2)C3)CC1. The number of amides is 2. The first-order valence-corrected chi connectivity index (χ1v) is 8.69. The van der Waals surface area contributed by atoms with Crippen LogP contribution < -0.4 is 5.32 Å². The molecule has 1 saturated heterocycles. The predicted octanol–water partition coefficient (Wildman–Crippen LogP) is 3.40. The third kappa shape index (κ3) is 2.23. The molecule has 1 heterocycles. The fourth-order valence-electron chi connectivity index (χ4n) is 5.78. The second-order valence-electron chi connectivity index (χ2n) is 8.30. The standard InChI is InChI=1S/C17H28N2O/c1-12-2-4-19(5-3-12)16(20)18-17-9-13-6-14(10-17)8-15(7-13)11-17/h12-15H,2-11H2,1H3,(H,18,20). The van der Waals surface area contributed by atoms with Crippen molar-refractivity contribution in [1.82, 2.24) is 10.2 Å². The zero-order chi connectivity index (χ0) is 13.7. The highest BCUT2D eigenvalue weighted by Crippen LogP contribution is 2.55. The van der Waals surface area contributed by atoms with Gasteiger partial charge in [-0.25, -0.2) is 4.79 Å². The van der Waals surface area contributed by atoms with Crippen LogP contribution in [0, 0.1) is 23.7 Å². The van der Waals surface area contributed by atoms with Crippen molar-refractivity contribution in [3.8, 4) is 0 Å². The number of hydrogen-bond donors (Lipinski definition) is 1. The van der Waals surface area contributed by atoms with Gasteiger partial charge in [0, 0.05) is 18.6 Å². The molecule has 4 saturated carbocycles. The molecule has 1 N–H and O–H groups in total. The van der Waals surface area contributed by atoms with Crippen molar-refractivity contribution in [3.63, 3.8) is 0 Å². The van der Waals surface area contributed by atoms with E-state index in [1.165, 1.54) is 51.4 Å². The molecule has 0 aromatic rings. The van der Waals surface area contributed by atoms with E-state index in [0.29, 0.717) is 0 Å². The second-order valence-corrected chi connectivity index (χ2v) is 8.30. The number of carbonyl (C=O) groups is 1. The molecule has 1 aliphatic heterocycles. The van der Waals surface area contributed by atoms with Crippen LogP contribution in [0.2, 0.25) is 0 Å². The number of carbonyl (C=O) groups excluding carboxylic acids is 1. The van der Waals surface area contributed by atoms with Crippen LogP contribution in [0.15, 0.2) is 0 Å². The molecule has 5 rings (SSSR count). The van der Waals surface area contributed by atoms with Gasteiger partial charge in [0.2, 0.25) is 0 Å². The summed E-state index contributed by atoms with van der Waals surface area (Å²) in [5, 5.41) is 3.50. The van der Waals surface area contributed by atoms with Crippen LogP contribution in [0.25, 0.3) is 0 Å². The van der Waals surface area contributed by atoms with Gasteiger partial charge in [-0.3, -0.25) is 0 Å². The van der Waals surface area contributed by atoms with E-state index in [9.17, 15) is 4.79 Å². The number of nitrogens with zero attached hydrogens (tertiary/aromatic N) is 1. The average Bonchev–Trinajstić information content (AvgIpc) is 2.37. The van der Waals surface area contributed by atoms with E-state index in [1.54, 1.807) is 0 Å². The molecule has 0 spiro atoms. The number of likely N-dealkylation sites (tertiary alicyclic amines) is 1. The lowest BCUT2D eigenvalue weighted by Crippen LogP contribution is -2.62. The molecule has 2 amide bonds. The van der Waals surface area contributed by atoms with E-state index in [-0.39, 0.29) is 11.6 Å². The fourth-order valence-corrected chi connectivity index (χ4v) is 5.78. The van der Waals surface area contributed by atoms with Crippen LogP contribution in [0.1, 0.15) is 58.3 Å². The first-order valence-electron chi connectivity index (χ1n) is 8.69. The quantitative estimate of drug-likeness (QED) is 0.782. The molecule has 112 valence electrons. The lowest BCUT2D eigenvalue weighted by molar-refractivity contribution is -0.0161. The molecule has 5 fully saturated rings. The fraction of sp³-hybridized carbons (Fsp3) is 0.941. The minimum absolute atomic E-state index is 0.175. The summed E-state index contributed by atoms with van der Waals surface area (Å²) in [6.07, 6.45) is 10.4. The Morgan fingerprint density at radius 2 is 1.50 bits per heavy atom. The van der Waals surface area contributed by atoms with E-state index >= 15 is 0 Å². The molecule has 4 aliphatic carbocycles. The highest BCUT2D eigenvalue weighted by atomic mass is 16.2. The maximum Gasteiger partial charge on any atom is 0.317 e. The summed E-state index contributed by atoms with van der Waals surface area (Å²) in [6.45, 7) is 4.22. The van der Waals surface area contributed by atoms with E-state index in [2.05, 4.69) is 17.1 Å². The first kappa shape index (κ1) is 13.0. The van der Waals surface area contributed by atoms with E-state index in [4.69, 9.17) is 0 Å². The van der Waals surface area contributed by atoms with Gasteiger partial charge in [0.15, 0.2) is 0 Å². The Bertz CT molecular complexity index is 363. The number of urea groups is 1. The third-order valence-corrected chi connectivity index (χ3v) is 6.48. The Kier molecular flexibility index (Phi) is 3.01.